The van der Waals surface area contributed by atoms with Crippen LogP contribution in [0.25, 0.3) is 44.5 Å². The first-order chi connectivity index (χ1) is 36.7. The maximum Gasteiger partial charge on any atom is 0.169 e. The molecule has 0 atom stereocenters. The van der Waals surface area contributed by atoms with Crippen molar-refractivity contribution in [3.05, 3.63) is 254 Å². The number of aryl methyl sites for hydroxylation is 4. The topological polar surface area (TPSA) is 15.5 Å². The molecule has 4 heterocycles. The summed E-state index contributed by atoms with van der Waals surface area (Å²) in [6.07, 6.45) is 24.1. The molecule has 0 aliphatic carbocycles. The molecule has 0 amide bonds. The van der Waals surface area contributed by atoms with Gasteiger partial charge in [-0.25, -0.2) is 18.3 Å². The number of aromatic nitrogens is 4. The lowest BCUT2D eigenvalue weighted by Crippen LogP contribution is -2.32. The number of nitrogens with zero attached hydrogens (tertiary/aromatic N) is 4. The fourth-order valence-electron chi connectivity index (χ4n) is 8.76. The van der Waals surface area contributed by atoms with Crippen LogP contribution in [0.15, 0.2) is 232 Å². The van der Waals surface area contributed by atoms with Crippen LogP contribution in [0.5, 0.6) is 0 Å². The molecule has 0 saturated heterocycles. The molecule has 0 aliphatic rings. The molecule has 0 N–H and O–H groups in total. The van der Waals surface area contributed by atoms with E-state index in [9.17, 15) is 0 Å². The summed E-state index contributed by atoms with van der Waals surface area (Å²) < 4.78 is 8.95. The average Bonchev–Trinajstić information content (AvgIpc) is 3.47. The lowest BCUT2D eigenvalue weighted by Gasteiger charge is -2.04. The Hall–Kier alpha value is -9.06. The molecular formula is C70H62N4+4. The zero-order valence-corrected chi connectivity index (χ0v) is 42.2. The van der Waals surface area contributed by atoms with Gasteiger partial charge in [-0.15, -0.1) is 0 Å². The molecule has 4 heteroatoms. The highest BCUT2D eigenvalue weighted by Gasteiger charge is 2.09. The fourth-order valence-corrected chi connectivity index (χ4v) is 8.76. The maximum absolute atomic E-state index is 3.54. The van der Waals surface area contributed by atoms with E-state index < -0.39 is 0 Å². The van der Waals surface area contributed by atoms with E-state index in [0.29, 0.717) is 0 Å². The second-order valence-corrected chi connectivity index (χ2v) is 18.3. The van der Waals surface area contributed by atoms with Crippen molar-refractivity contribution < 1.29 is 18.3 Å². The smallest absolute Gasteiger partial charge is 0.169 e. The highest BCUT2D eigenvalue weighted by Crippen LogP contribution is 2.21. The summed E-state index contributed by atoms with van der Waals surface area (Å²) in [4.78, 5) is 0. The molecule has 0 unspecified atom stereocenters. The van der Waals surface area contributed by atoms with E-state index in [1.807, 2.05) is 0 Å². The van der Waals surface area contributed by atoms with Gasteiger partial charge in [0, 0.05) is 122 Å². The Morgan fingerprint density at radius 1 is 0.230 bits per heavy atom. The second kappa shape index (κ2) is 27.0. The van der Waals surface area contributed by atoms with E-state index in [-0.39, 0.29) is 0 Å². The number of hydrogen-bond donors (Lipinski definition) is 0. The van der Waals surface area contributed by atoms with Crippen molar-refractivity contribution in [2.24, 2.45) is 0 Å². The molecule has 4 aromatic heterocycles. The minimum absolute atomic E-state index is 0.764. The molecule has 358 valence electrons. The van der Waals surface area contributed by atoms with E-state index in [1.165, 1.54) is 44.5 Å². The third-order valence-corrected chi connectivity index (χ3v) is 12.9. The average molecular weight is 959 g/mol. The summed E-state index contributed by atoms with van der Waals surface area (Å²) >= 11 is 0. The number of unbranched alkanes of at least 4 members (excludes halogenated alkanes) is 4. The molecule has 0 radical (unpaired) electrons. The van der Waals surface area contributed by atoms with Crippen molar-refractivity contribution in [1.82, 2.24) is 0 Å². The third kappa shape index (κ3) is 15.0. The minimum Gasteiger partial charge on any atom is -0.205 e. The molecule has 0 spiro atoms. The summed E-state index contributed by atoms with van der Waals surface area (Å²) in [5, 5.41) is 0. The van der Waals surface area contributed by atoms with Gasteiger partial charge in [0.1, 0.15) is 26.2 Å². The molecule has 0 aliphatic heterocycles. The number of pyridine rings is 4. The minimum atomic E-state index is 0.764. The second-order valence-electron chi connectivity index (χ2n) is 18.3. The lowest BCUT2D eigenvalue weighted by atomic mass is 9.98. The van der Waals surface area contributed by atoms with Crippen LogP contribution in [0.3, 0.4) is 0 Å². The fraction of sp³-hybridized carbons (Fsp3) is 0.171. The van der Waals surface area contributed by atoms with E-state index in [2.05, 4.69) is 297 Å². The first kappa shape index (κ1) is 49.9. The van der Waals surface area contributed by atoms with E-state index in [0.717, 1.165) is 99.8 Å². The summed E-state index contributed by atoms with van der Waals surface area (Å²) in [7, 11) is 0. The summed E-state index contributed by atoms with van der Waals surface area (Å²) in [5.74, 6) is 28.2. The quantitative estimate of drug-likeness (QED) is 0.0521. The monoisotopic (exact) mass is 958 g/mol. The first-order valence-corrected chi connectivity index (χ1v) is 26.0. The van der Waals surface area contributed by atoms with E-state index >= 15 is 0 Å². The predicted octanol–water partition coefficient (Wildman–Crippen LogP) is 12.8. The molecule has 4 nitrogen and oxygen atoms in total. The molecule has 0 fully saturated rings. The van der Waals surface area contributed by atoms with Crippen LogP contribution in [-0.2, 0) is 26.2 Å². The third-order valence-electron chi connectivity index (χ3n) is 12.9. The zero-order valence-electron chi connectivity index (χ0n) is 42.2. The molecule has 9 aromatic rings. The van der Waals surface area contributed by atoms with Gasteiger partial charge in [-0.05, 0) is 56.6 Å². The predicted molar refractivity (Wildman–Crippen MR) is 299 cm³/mol. The SMILES string of the molecule is C(#Cc1cc(C#CCCC[n+]2ccc(-c3ccccc3)cc2)c(C#CCCC[n+]2ccc(-c3ccccc3)cc2)cc1C#CCCC[n+]1ccc(-c2ccccc2)cc1)CCC[n+]1ccc(-c2ccccc2)cc1. The Morgan fingerprint density at radius 3 is 0.622 bits per heavy atom. The van der Waals surface area contributed by atoms with Crippen molar-refractivity contribution >= 4 is 0 Å². The van der Waals surface area contributed by atoms with Crippen molar-refractivity contribution in [1.29, 1.82) is 0 Å². The Bertz CT molecular complexity index is 2980. The standard InChI is InChI=1S/C70H62N4/c1-9-25-59(26-10-1)63-37-49-71(50-38-63)45-21-5-17-33-67-57-69(35-19-7-23-47-73-53-41-65(42-54-73)61-29-13-3-14-30-61)70(36-20-8-24-48-74-55-43-66(44-56-74)62-31-15-4-16-32-62)58-68(67)34-18-6-22-46-72-51-39-64(40-52-72)60-27-11-2-12-28-60/h1-4,9-16,25-32,37-44,49-58H,5-8,21-24,45-48H2/q+4. The lowest BCUT2D eigenvalue weighted by molar-refractivity contribution is -0.697. The Kier molecular flexibility index (Phi) is 18.2. The molecule has 5 aromatic carbocycles. The van der Waals surface area contributed by atoms with Gasteiger partial charge >= 0.3 is 0 Å². The molecule has 74 heavy (non-hydrogen) atoms. The highest BCUT2D eigenvalue weighted by molar-refractivity contribution is 5.65. The van der Waals surface area contributed by atoms with Gasteiger partial charge in [0.25, 0.3) is 0 Å². The van der Waals surface area contributed by atoms with Crippen LogP contribution in [0.4, 0.5) is 0 Å². The van der Waals surface area contributed by atoms with E-state index in [1.54, 1.807) is 0 Å². The van der Waals surface area contributed by atoms with E-state index in [4.69, 9.17) is 0 Å². The summed E-state index contributed by atoms with van der Waals surface area (Å²) in [5.41, 5.74) is 13.4. The van der Waals surface area contributed by atoms with Crippen LogP contribution in [-0.4, -0.2) is 0 Å². The van der Waals surface area contributed by atoms with Gasteiger partial charge in [0.15, 0.2) is 49.6 Å². The normalized spacial score (nSPS) is 10.4. The van der Waals surface area contributed by atoms with Gasteiger partial charge in [0.05, 0.1) is 0 Å². The number of rotatable bonds is 16. The Morgan fingerprint density at radius 2 is 0.419 bits per heavy atom. The molecular weight excluding hydrogens is 897 g/mol. The van der Waals surface area contributed by atoms with Gasteiger partial charge in [-0.2, -0.15) is 0 Å². The van der Waals surface area contributed by atoms with Crippen molar-refractivity contribution in [3.63, 3.8) is 0 Å². The van der Waals surface area contributed by atoms with Crippen LogP contribution in [0, 0.1) is 47.4 Å². The van der Waals surface area contributed by atoms with Gasteiger partial charge in [0.2, 0.25) is 0 Å². The van der Waals surface area contributed by atoms with Crippen molar-refractivity contribution in [2.45, 2.75) is 77.5 Å². The van der Waals surface area contributed by atoms with Crippen LogP contribution in [0.1, 0.15) is 73.6 Å². The number of benzene rings is 5. The van der Waals surface area contributed by atoms with Gasteiger partial charge in [-0.3, -0.25) is 0 Å². The molecule has 9 rings (SSSR count). The Labute approximate surface area is 439 Å². The maximum atomic E-state index is 3.54. The van der Waals surface area contributed by atoms with Crippen molar-refractivity contribution in [3.8, 4) is 91.9 Å². The molecule has 0 saturated carbocycles. The summed E-state index contributed by atoms with van der Waals surface area (Å²) in [6.45, 7) is 3.56. The van der Waals surface area contributed by atoms with Crippen molar-refractivity contribution in [2.75, 3.05) is 0 Å². The molecule has 0 bridgehead atoms. The van der Waals surface area contributed by atoms with Gasteiger partial charge < -0.3 is 0 Å². The zero-order chi connectivity index (χ0) is 50.2. The largest absolute Gasteiger partial charge is 0.205 e. The Balaban J connectivity index is 0.912. The highest BCUT2D eigenvalue weighted by atomic mass is 14.9. The van der Waals surface area contributed by atoms with Gasteiger partial charge in [-0.1, -0.05) is 169 Å². The van der Waals surface area contributed by atoms with Crippen LogP contribution >= 0.6 is 0 Å². The van der Waals surface area contributed by atoms with Crippen LogP contribution < -0.4 is 18.3 Å². The summed E-state index contributed by atoms with van der Waals surface area (Å²) in [6, 6.07) is 63.8. The van der Waals surface area contributed by atoms with Crippen LogP contribution in [0.2, 0.25) is 0 Å². The first-order valence-electron chi connectivity index (χ1n) is 26.0. The number of hydrogen-bond acceptors (Lipinski definition) is 0.